The van der Waals surface area contributed by atoms with E-state index in [9.17, 15) is 9.70 Å². The maximum absolute atomic E-state index is 12.6. The number of nitrogens with one attached hydrogen (secondary N) is 3. The van der Waals surface area contributed by atoms with Gasteiger partial charge in [0.1, 0.15) is 11.5 Å². The van der Waals surface area contributed by atoms with Crippen molar-refractivity contribution in [2.75, 3.05) is 11.9 Å². The summed E-state index contributed by atoms with van der Waals surface area (Å²) in [7, 11) is 0. The van der Waals surface area contributed by atoms with E-state index in [1.165, 1.54) is 0 Å². The number of aromatic nitrogens is 3. The lowest BCUT2D eigenvalue weighted by molar-refractivity contribution is -0.113. The Labute approximate surface area is 167 Å². The monoisotopic (exact) mass is 391 g/mol. The molecule has 3 aromatic rings. The Hall–Kier alpha value is -3.88. The number of hydrogen-bond donors (Lipinski definition) is 3. The van der Waals surface area contributed by atoms with Gasteiger partial charge in [0.15, 0.2) is 5.84 Å². The summed E-state index contributed by atoms with van der Waals surface area (Å²) in [4.78, 5) is 32.0. The van der Waals surface area contributed by atoms with E-state index in [1.54, 1.807) is 16.7 Å². The first-order chi connectivity index (χ1) is 14.0. The van der Waals surface area contributed by atoms with Crippen molar-refractivity contribution >= 4 is 23.3 Å². The molecule has 0 saturated heterocycles. The summed E-state index contributed by atoms with van der Waals surface area (Å²) in [6.45, 7) is 4.45. The van der Waals surface area contributed by atoms with Crippen molar-refractivity contribution in [2.45, 2.75) is 13.8 Å². The minimum atomic E-state index is -0.546. The summed E-state index contributed by atoms with van der Waals surface area (Å²) in [5.41, 5.74) is 1.80. The Balaban J connectivity index is 1.82. The fraction of sp³-hybridized carbons (Fsp3) is 0.200. The summed E-state index contributed by atoms with van der Waals surface area (Å²) < 4.78 is 1.76. The number of carbonyl (C=O) groups excluding carboxylic acids is 1. The molecule has 0 fully saturated rings. The molecule has 0 atom stereocenters. The van der Waals surface area contributed by atoms with Crippen molar-refractivity contribution in [1.29, 1.82) is 5.41 Å². The van der Waals surface area contributed by atoms with Gasteiger partial charge in [-0.15, -0.1) is 4.91 Å². The van der Waals surface area contributed by atoms with Crippen molar-refractivity contribution in [2.24, 2.45) is 11.1 Å². The Bertz CT molecular complexity index is 1070. The number of amides is 1. The Kier molecular flexibility index (Phi) is 6.08. The number of anilines is 1. The van der Waals surface area contributed by atoms with E-state index in [0.717, 1.165) is 17.3 Å². The first-order valence-corrected chi connectivity index (χ1v) is 9.06. The lowest BCUT2D eigenvalue weighted by Gasteiger charge is -2.12. The number of imidazole rings is 1. The molecule has 0 unspecified atom stereocenters. The van der Waals surface area contributed by atoms with Gasteiger partial charge < -0.3 is 10.6 Å². The van der Waals surface area contributed by atoms with E-state index in [1.807, 2.05) is 50.4 Å². The van der Waals surface area contributed by atoms with Crippen LogP contribution in [0.5, 0.6) is 0 Å². The summed E-state index contributed by atoms with van der Waals surface area (Å²) in [6.07, 6.45) is 4.69. The summed E-state index contributed by atoms with van der Waals surface area (Å²) in [6, 6.07) is 11.4. The van der Waals surface area contributed by atoms with Gasteiger partial charge >= 0.3 is 0 Å². The normalized spacial score (nSPS) is 11.5. The van der Waals surface area contributed by atoms with Crippen molar-refractivity contribution in [3.63, 3.8) is 0 Å². The SMILES string of the molecule is CC(C)CNC(=CC(=N)N=O)C(=O)Nc1ccn2cc(-c3ccccc3)nc2n1. The Morgan fingerprint density at radius 2 is 2.00 bits per heavy atom. The van der Waals surface area contributed by atoms with Crippen LogP contribution in [0, 0.1) is 16.2 Å². The Morgan fingerprint density at radius 3 is 2.69 bits per heavy atom. The van der Waals surface area contributed by atoms with Crippen LogP contribution >= 0.6 is 0 Å². The highest BCUT2D eigenvalue weighted by Gasteiger charge is 2.13. The number of rotatable bonds is 7. The van der Waals surface area contributed by atoms with E-state index >= 15 is 0 Å². The average molecular weight is 391 g/mol. The lowest BCUT2D eigenvalue weighted by Crippen LogP contribution is -2.29. The van der Waals surface area contributed by atoms with Gasteiger partial charge in [-0.1, -0.05) is 44.2 Å². The number of fused-ring (bicyclic) bond motifs is 1. The molecule has 9 heteroatoms. The number of nitroso groups, excluding NO2 is 1. The topological polar surface area (TPSA) is 125 Å². The molecule has 0 aliphatic carbocycles. The van der Waals surface area contributed by atoms with Crippen LogP contribution in [0.25, 0.3) is 17.0 Å². The average Bonchev–Trinajstić information content (AvgIpc) is 3.14. The maximum Gasteiger partial charge on any atom is 0.273 e. The van der Waals surface area contributed by atoms with Crippen molar-refractivity contribution in [3.8, 4) is 11.3 Å². The quantitative estimate of drug-likeness (QED) is 0.247. The van der Waals surface area contributed by atoms with Crippen LogP contribution in [0.3, 0.4) is 0 Å². The molecule has 3 rings (SSSR count). The molecule has 1 amide bonds. The predicted octanol–water partition coefficient (Wildman–Crippen LogP) is 3.21. The minimum Gasteiger partial charge on any atom is -0.380 e. The lowest BCUT2D eigenvalue weighted by atomic mass is 10.2. The molecule has 0 bridgehead atoms. The molecule has 1 aromatic carbocycles. The van der Waals surface area contributed by atoms with E-state index in [4.69, 9.17) is 5.41 Å². The standard InChI is InChI=1S/C20H21N7O2/c1-13(2)11-22-15(10-17(21)26-29)19(28)24-18-8-9-27-12-16(23-20(27)25-18)14-6-4-3-5-7-14/h3-10,12-13,21-22H,11H2,1-2H3,(H,23,24,25,28). The van der Waals surface area contributed by atoms with E-state index in [0.29, 0.717) is 18.1 Å². The number of hydrogen-bond acceptors (Lipinski definition) is 6. The fourth-order valence-electron chi connectivity index (χ4n) is 2.55. The van der Waals surface area contributed by atoms with Gasteiger partial charge in [0.05, 0.1) is 5.69 Å². The maximum atomic E-state index is 12.6. The van der Waals surface area contributed by atoms with Crippen LogP contribution < -0.4 is 10.6 Å². The second-order valence-electron chi connectivity index (χ2n) is 6.78. The molecule has 29 heavy (non-hydrogen) atoms. The molecular weight excluding hydrogens is 370 g/mol. The zero-order valence-electron chi connectivity index (χ0n) is 16.1. The largest absolute Gasteiger partial charge is 0.380 e. The Morgan fingerprint density at radius 1 is 1.24 bits per heavy atom. The highest BCUT2D eigenvalue weighted by Crippen LogP contribution is 2.18. The van der Waals surface area contributed by atoms with Gasteiger partial charge in [-0.3, -0.25) is 14.6 Å². The number of carbonyl (C=O) groups is 1. The van der Waals surface area contributed by atoms with Gasteiger partial charge in [0, 0.05) is 30.6 Å². The number of amidine groups is 1. The van der Waals surface area contributed by atoms with Crippen LogP contribution in [-0.4, -0.2) is 32.7 Å². The van der Waals surface area contributed by atoms with Crippen LogP contribution in [0.2, 0.25) is 0 Å². The zero-order valence-corrected chi connectivity index (χ0v) is 16.1. The van der Waals surface area contributed by atoms with E-state index < -0.39 is 11.7 Å². The number of benzene rings is 1. The van der Waals surface area contributed by atoms with Crippen LogP contribution in [0.1, 0.15) is 13.8 Å². The number of nitrogens with zero attached hydrogens (tertiary/aromatic N) is 4. The first-order valence-electron chi connectivity index (χ1n) is 9.06. The molecule has 0 saturated carbocycles. The zero-order chi connectivity index (χ0) is 20.8. The van der Waals surface area contributed by atoms with Gasteiger partial charge in [-0.2, -0.15) is 4.98 Å². The van der Waals surface area contributed by atoms with E-state index in [2.05, 4.69) is 25.8 Å². The second-order valence-corrected chi connectivity index (χ2v) is 6.78. The van der Waals surface area contributed by atoms with E-state index in [-0.39, 0.29) is 11.6 Å². The molecule has 148 valence electrons. The summed E-state index contributed by atoms with van der Waals surface area (Å²) in [5.74, 6) is -0.0677. The molecular formula is C20H21N7O2. The minimum absolute atomic E-state index is 0.0679. The fourth-order valence-corrected chi connectivity index (χ4v) is 2.55. The van der Waals surface area contributed by atoms with Gasteiger partial charge in [0.25, 0.3) is 5.91 Å². The van der Waals surface area contributed by atoms with Gasteiger partial charge in [-0.25, -0.2) is 4.98 Å². The molecule has 2 heterocycles. The van der Waals surface area contributed by atoms with Crippen molar-refractivity contribution in [1.82, 2.24) is 19.7 Å². The third-order valence-corrected chi connectivity index (χ3v) is 3.96. The third-order valence-electron chi connectivity index (χ3n) is 3.96. The molecule has 0 aliphatic rings. The molecule has 3 N–H and O–H groups in total. The van der Waals surface area contributed by atoms with Crippen LogP contribution in [-0.2, 0) is 4.79 Å². The highest BCUT2D eigenvalue weighted by atomic mass is 16.3. The molecule has 0 radical (unpaired) electrons. The van der Waals surface area contributed by atoms with Crippen LogP contribution in [0.4, 0.5) is 5.82 Å². The van der Waals surface area contributed by atoms with Crippen LogP contribution in [0.15, 0.2) is 65.7 Å². The summed E-state index contributed by atoms with van der Waals surface area (Å²) in [5, 5.41) is 15.5. The van der Waals surface area contributed by atoms with Gasteiger partial charge in [0.2, 0.25) is 5.78 Å². The van der Waals surface area contributed by atoms with Crippen molar-refractivity contribution in [3.05, 3.63) is 65.5 Å². The molecule has 0 spiro atoms. The smallest absolute Gasteiger partial charge is 0.273 e. The molecule has 0 aliphatic heterocycles. The van der Waals surface area contributed by atoms with Gasteiger partial charge in [-0.05, 0) is 17.2 Å². The summed E-state index contributed by atoms with van der Waals surface area (Å²) >= 11 is 0. The molecule has 2 aromatic heterocycles. The molecule has 9 nitrogen and oxygen atoms in total. The highest BCUT2D eigenvalue weighted by molar-refractivity contribution is 6.07. The predicted molar refractivity (Wildman–Crippen MR) is 111 cm³/mol. The first kappa shape index (κ1) is 19.9. The van der Waals surface area contributed by atoms with Crippen molar-refractivity contribution < 1.29 is 4.79 Å². The second kappa shape index (κ2) is 8.87. The third kappa shape index (κ3) is 5.10.